The van der Waals surface area contributed by atoms with E-state index in [0.717, 1.165) is 28.1 Å². The maximum atomic E-state index is 5.82. The van der Waals surface area contributed by atoms with Gasteiger partial charge >= 0.3 is 0 Å². The van der Waals surface area contributed by atoms with Gasteiger partial charge in [0.05, 0.1) is 13.3 Å². The average molecular weight is 254 g/mol. The number of hydrogen-bond donors (Lipinski definition) is 1. The molecule has 2 aromatic heterocycles. The van der Waals surface area contributed by atoms with E-state index in [1.54, 1.807) is 17.8 Å². The molecule has 0 radical (unpaired) electrons. The van der Waals surface area contributed by atoms with Gasteiger partial charge in [0, 0.05) is 24.5 Å². The standard InChI is InChI=1S/C14H14N4O/c1-19-11-3-4-12(10(7-11)8-15)13-9-17-18-6-2-5-16-14(13)18/h2-7,9H,8,15H2,1H3. The SMILES string of the molecule is COc1ccc(-c2cnn3cccnc23)c(CN)c1. The number of hydrogen-bond acceptors (Lipinski definition) is 4. The number of nitrogens with two attached hydrogens (primary N) is 1. The number of benzene rings is 1. The summed E-state index contributed by atoms with van der Waals surface area (Å²) >= 11 is 0. The summed E-state index contributed by atoms with van der Waals surface area (Å²) in [7, 11) is 1.65. The number of fused-ring (bicyclic) bond motifs is 1. The topological polar surface area (TPSA) is 65.4 Å². The van der Waals surface area contributed by atoms with Crippen LogP contribution in [0.5, 0.6) is 5.75 Å². The van der Waals surface area contributed by atoms with Crippen molar-refractivity contribution in [2.75, 3.05) is 7.11 Å². The van der Waals surface area contributed by atoms with Crippen molar-refractivity contribution in [2.24, 2.45) is 5.73 Å². The van der Waals surface area contributed by atoms with E-state index in [0.29, 0.717) is 6.54 Å². The van der Waals surface area contributed by atoms with E-state index in [1.807, 2.05) is 36.7 Å². The molecule has 0 saturated heterocycles. The Labute approximate surface area is 110 Å². The Hall–Kier alpha value is -2.40. The summed E-state index contributed by atoms with van der Waals surface area (Å²) < 4.78 is 6.97. The Balaban J connectivity index is 2.21. The minimum Gasteiger partial charge on any atom is -0.497 e. The number of rotatable bonds is 3. The molecule has 0 fully saturated rings. The molecule has 0 unspecified atom stereocenters. The van der Waals surface area contributed by atoms with Gasteiger partial charge in [-0.2, -0.15) is 5.10 Å². The smallest absolute Gasteiger partial charge is 0.162 e. The molecule has 3 aromatic rings. The Kier molecular flexibility index (Phi) is 2.89. The third kappa shape index (κ3) is 1.94. The minimum absolute atomic E-state index is 0.441. The minimum atomic E-state index is 0.441. The van der Waals surface area contributed by atoms with Gasteiger partial charge in [0.15, 0.2) is 5.65 Å². The van der Waals surface area contributed by atoms with E-state index >= 15 is 0 Å². The molecule has 5 heteroatoms. The Morgan fingerprint density at radius 1 is 1.32 bits per heavy atom. The molecule has 0 bridgehead atoms. The summed E-state index contributed by atoms with van der Waals surface area (Å²) in [6, 6.07) is 7.71. The summed E-state index contributed by atoms with van der Waals surface area (Å²) in [5.41, 5.74) is 9.67. The first-order chi connectivity index (χ1) is 9.33. The lowest BCUT2D eigenvalue weighted by Crippen LogP contribution is -2.00. The highest BCUT2D eigenvalue weighted by Crippen LogP contribution is 2.29. The van der Waals surface area contributed by atoms with Gasteiger partial charge in [-0.1, -0.05) is 6.07 Å². The van der Waals surface area contributed by atoms with Crippen LogP contribution in [0.3, 0.4) is 0 Å². The summed E-state index contributed by atoms with van der Waals surface area (Å²) in [5, 5.41) is 4.30. The second-order valence-electron chi connectivity index (χ2n) is 4.17. The van der Waals surface area contributed by atoms with Gasteiger partial charge in [-0.25, -0.2) is 9.50 Å². The van der Waals surface area contributed by atoms with E-state index in [2.05, 4.69) is 10.1 Å². The van der Waals surface area contributed by atoms with Crippen LogP contribution in [0.1, 0.15) is 5.56 Å². The molecule has 0 amide bonds. The highest BCUT2D eigenvalue weighted by Gasteiger charge is 2.11. The summed E-state index contributed by atoms with van der Waals surface area (Å²) in [6.45, 7) is 0.441. The van der Waals surface area contributed by atoms with E-state index < -0.39 is 0 Å². The molecular formula is C14H14N4O. The van der Waals surface area contributed by atoms with Gasteiger partial charge in [0.2, 0.25) is 0 Å². The Morgan fingerprint density at radius 3 is 3.00 bits per heavy atom. The normalized spacial score (nSPS) is 10.8. The van der Waals surface area contributed by atoms with Crippen LogP contribution in [0.4, 0.5) is 0 Å². The number of nitrogens with zero attached hydrogens (tertiary/aromatic N) is 3. The van der Waals surface area contributed by atoms with Crippen LogP contribution in [-0.4, -0.2) is 21.7 Å². The van der Waals surface area contributed by atoms with Gasteiger partial charge in [0.25, 0.3) is 0 Å². The highest BCUT2D eigenvalue weighted by atomic mass is 16.5. The lowest BCUT2D eigenvalue weighted by atomic mass is 10.0. The molecule has 2 heterocycles. The van der Waals surface area contributed by atoms with Gasteiger partial charge in [-0.05, 0) is 29.3 Å². The lowest BCUT2D eigenvalue weighted by molar-refractivity contribution is 0.414. The molecule has 3 rings (SSSR count). The summed E-state index contributed by atoms with van der Waals surface area (Å²) in [4.78, 5) is 4.36. The van der Waals surface area contributed by atoms with Crippen molar-refractivity contribution in [3.05, 3.63) is 48.4 Å². The molecule has 96 valence electrons. The predicted octanol–water partition coefficient (Wildman–Crippen LogP) is 1.86. The molecule has 0 aliphatic carbocycles. The van der Waals surface area contributed by atoms with Crippen LogP contribution < -0.4 is 10.5 Å². The second-order valence-corrected chi connectivity index (χ2v) is 4.17. The molecule has 2 N–H and O–H groups in total. The number of aromatic nitrogens is 3. The first kappa shape index (κ1) is 11.7. The number of methoxy groups -OCH3 is 1. The zero-order chi connectivity index (χ0) is 13.2. The zero-order valence-electron chi connectivity index (χ0n) is 10.6. The van der Waals surface area contributed by atoms with Gasteiger partial charge in [-0.15, -0.1) is 0 Å². The molecule has 0 saturated carbocycles. The first-order valence-corrected chi connectivity index (χ1v) is 5.99. The van der Waals surface area contributed by atoms with Crippen LogP contribution in [0, 0.1) is 0 Å². The average Bonchev–Trinajstić information content (AvgIpc) is 2.90. The second kappa shape index (κ2) is 4.70. The maximum Gasteiger partial charge on any atom is 0.162 e. The van der Waals surface area contributed by atoms with Gasteiger partial charge in [-0.3, -0.25) is 0 Å². The van der Waals surface area contributed by atoms with Crippen LogP contribution >= 0.6 is 0 Å². The van der Waals surface area contributed by atoms with Crippen molar-refractivity contribution in [1.82, 2.24) is 14.6 Å². The van der Waals surface area contributed by atoms with Crippen LogP contribution in [0.15, 0.2) is 42.9 Å². The molecule has 5 nitrogen and oxygen atoms in total. The fourth-order valence-corrected chi connectivity index (χ4v) is 2.15. The Morgan fingerprint density at radius 2 is 2.21 bits per heavy atom. The third-order valence-corrected chi connectivity index (χ3v) is 3.10. The molecular weight excluding hydrogens is 240 g/mol. The molecule has 0 aliphatic heterocycles. The van der Waals surface area contributed by atoms with Crippen molar-refractivity contribution >= 4 is 5.65 Å². The molecule has 0 spiro atoms. The summed E-state index contributed by atoms with van der Waals surface area (Å²) in [6.07, 6.45) is 5.44. The molecule has 1 aromatic carbocycles. The van der Waals surface area contributed by atoms with Crippen molar-refractivity contribution in [3.63, 3.8) is 0 Å². The predicted molar refractivity (Wildman–Crippen MR) is 72.9 cm³/mol. The van der Waals surface area contributed by atoms with Crippen molar-refractivity contribution in [3.8, 4) is 16.9 Å². The van der Waals surface area contributed by atoms with Crippen molar-refractivity contribution in [1.29, 1.82) is 0 Å². The fraction of sp³-hybridized carbons (Fsp3) is 0.143. The third-order valence-electron chi connectivity index (χ3n) is 3.10. The van der Waals surface area contributed by atoms with Crippen LogP contribution in [0.2, 0.25) is 0 Å². The largest absolute Gasteiger partial charge is 0.497 e. The quantitative estimate of drug-likeness (QED) is 0.774. The molecule has 19 heavy (non-hydrogen) atoms. The van der Waals surface area contributed by atoms with Crippen molar-refractivity contribution < 1.29 is 4.74 Å². The summed E-state index contributed by atoms with van der Waals surface area (Å²) in [5.74, 6) is 0.800. The van der Waals surface area contributed by atoms with Crippen LogP contribution in [0.25, 0.3) is 16.8 Å². The monoisotopic (exact) mass is 254 g/mol. The van der Waals surface area contributed by atoms with Gasteiger partial charge in [0.1, 0.15) is 5.75 Å². The lowest BCUT2D eigenvalue weighted by Gasteiger charge is -2.08. The zero-order valence-corrected chi connectivity index (χ0v) is 10.6. The Bertz CT molecular complexity index is 720. The first-order valence-electron chi connectivity index (χ1n) is 5.99. The van der Waals surface area contributed by atoms with Crippen molar-refractivity contribution in [2.45, 2.75) is 6.54 Å². The fourth-order valence-electron chi connectivity index (χ4n) is 2.15. The molecule has 0 aliphatic rings. The molecule has 0 atom stereocenters. The van der Waals surface area contributed by atoms with Gasteiger partial charge < -0.3 is 10.5 Å². The van der Waals surface area contributed by atoms with E-state index in [1.165, 1.54) is 0 Å². The van der Waals surface area contributed by atoms with E-state index in [-0.39, 0.29) is 0 Å². The number of ether oxygens (including phenoxy) is 1. The maximum absolute atomic E-state index is 5.82. The van der Waals surface area contributed by atoms with E-state index in [9.17, 15) is 0 Å². The highest BCUT2D eigenvalue weighted by molar-refractivity contribution is 5.79. The van der Waals surface area contributed by atoms with E-state index in [4.69, 9.17) is 10.5 Å². The van der Waals surface area contributed by atoms with Crippen LogP contribution in [-0.2, 0) is 6.54 Å².